The molecule has 1 unspecified atom stereocenters. The van der Waals surface area contributed by atoms with E-state index in [1.165, 1.54) is 38.1 Å². The summed E-state index contributed by atoms with van der Waals surface area (Å²) in [4.78, 5) is 0. The maximum Gasteiger partial charge on any atom is 0.437 e. The van der Waals surface area contributed by atoms with Gasteiger partial charge in [0.15, 0.2) is 11.8 Å². The molecule has 0 aliphatic rings. The van der Waals surface area contributed by atoms with Crippen molar-refractivity contribution in [2.24, 2.45) is 5.16 Å². The first kappa shape index (κ1) is 36.1. The van der Waals surface area contributed by atoms with Gasteiger partial charge in [0, 0.05) is 12.0 Å². The van der Waals surface area contributed by atoms with E-state index in [0.29, 0.717) is 0 Å². The summed E-state index contributed by atoms with van der Waals surface area (Å²) in [6.45, 7) is 3.18. The second-order valence-corrected chi connectivity index (χ2v) is 12.2. The zero-order valence-corrected chi connectivity index (χ0v) is 24.6. The van der Waals surface area contributed by atoms with E-state index >= 15 is 0 Å². The average molecular weight is 665 g/mol. The fourth-order valence-corrected chi connectivity index (χ4v) is 4.88. The number of hydrogen-bond acceptors (Lipinski definition) is 10. The molecule has 1 N–H and O–H groups in total. The molecule has 10 nitrogen and oxygen atoms in total. The highest BCUT2D eigenvalue weighted by atomic mass is 32.2. The molecular weight excluding hydrogens is 634 g/mol. The molecular formula is C25H30F6N2O8S2. The molecule has 0 spiro atoms. The number of nitrogens with zero attached hydrogens (tertiary/aromatic N) is 1. The van der Waals surface area contributed by atoms with Crippen LogP contribution in [-0.4, -0.2) is 59.6 Å². The van der Waals surface area contributed by atoms with Crippen LogP contribution in [0.25, 0.3) is 0 Å². The highest BCUT2D eigenvalue weighted by molar-refractivity contribution is 7.86. The molecule has 2 rings (SSSR count). The maximum absolute atomic E-state index is 13.4. The van der Waals surface area contributed by atoms with Crippen molar-refractivity contribution in [1.29, 1.82) is 0 Å². The number of hydroxylamine groups is 1. The fourth-order valence-electron chi connectivity index (χ4n) is 3.29. The Morgan fingerprint density at radius 3 is 1.74 bits per heavy atom. The van der Waals surface area contributed by atoms with E-state index in [-0.39, 0.29) is 49.5 Å². The molecule has 242 valence electrons. The average Bonchev–Trinajstić information content (AvgIpc) is 2.88. The van der Waals surface area contributed by atoms with Crippen LogP contribution in [0.3, 0.4) is 0 Å². The minimum atomic E-state index is -4.99. The highest BCUT2D eigenvalue weighted by Gasteiger charge is 2.42. The lowest BCUT2D eigenvalue weighted by atomic mass is 10.1. The molecule has 43 heavy (non-hydrogen) atoms. The Labute approximate surface area is 245 Å². The lowest BCUT2D eigenvalue weighted by molar-refractivity contribution is -0.174. The Morgan fingerprint density at radius 1 is 0.791 bits per heavy atom. The van der Waals surface area contributed by atoms with Crippen molar-refractivity contribution < 1.29 is 61.2 Å². The van der Waals surface area contributed by atoms with Gasteiger partial charge in [-0.15, -0.1) is 0 Å². The molecule has 1 atom stereocenters. The second-order valence-electron chi connectivity index (χ2n) is 8.86. The van der Waals surface area contributed by atoms with Crippen LogP contribution >= 0.6 is 0 Å². The van der Waals surface area contributed by atoms with Crippen LogP contribution in [0.4, 0.5) is 26.3 Å². The monoisotopic (exact) mass is 664 g/mol. The zero-order valence-electron chi connectivity index (χ0n) is 22.9. The predicted molar refractivity (Wildman–Crippen MR) is 143 cm³/mol. The molecule has 0 aliphatic carbocycles. The van der Waals surface area contributed by atoms with E-state index in [4.69, 9.17) is 9.47 Å². The topological polar surface area (TPSA) is 130 Å². The van der Waals surface area contributed by atoms with Crippen molar-refractivity contribution in [3.8, 4) is 11.5 Å². The molecule has 0 bridgehead atoms. The Kier molecular flexibility index (Phi) is 13.1. The van der Waals surface area contributed by atoms with E-state index in [2.05, 4.69) is 13.7 Å². The summed E-state index contributed by atoms with van der Waals surface area (Å²) in [5, 5.41) is 2.81. The number of ether oxygens (including phenoxy) is 2. The van der Waals surface area contributed by atoms with Crippen LogP contribution in [0.1, 0.15) is 50.3 Å². The molecule has 0 heterocycles. The van der Waals surface area contributed by atoms with E-state index in [0.717, 1.165) is 24.3 Å². The van der Waals surface area contributed by atoms with Crippen LogP contribution in [0.5, 0.6) is 11.5 Å². The van der Waals surface area contributed by atoms with Gasteiger partial charge in [-0.25, -0.2) is 0 Å². The zero-order chi connectivity index (χ0) is 32.3. The van der Waals surface area contributed by atoms with Gasteiger partial charge in [-0.2, -0.15) is 52.9 Å². The minimum absolute atomic E-state index is 0.0691. The van der Waals surface area contributed by atoms with E-state index in [1.807, 2.05) is 0 Å². The summed E-state index contributed by atoms with van der Waals surface area (Å²) in [5.41, 5.74) is -0.733. The van der Waals surface area contributed by atoms with Crippen molar-refractivity contribution in [3.05, 3.63) is 59.7 Å². The first-order chi connectivity index (χ1) is 20.0. The number of hydrogen-bond donors (Lipinski definition) is 1. The third-order valence-electron chi connectivity index (χ3n) is 5.21. The van der Waals surface area contributed by atoms with Crippen LogP contribution in [0.2, 0.25) is 0 Å². The first-order valence-electron chi connectivity index (χ1n) is 12.7. The molecule has 0 fully saturated rings. The Morgan fingerprint density at radius 2 is 1.28 bits per heavy atom. The molecule has 0 aromatic heterocycles. The Hall–Kier alpha value is -3.09. The van der Waals surface area contributed by atoms with Crippen molar-refractivity contribution in [2.75, 3.05) is 24.7 Å². The molecule has 0 saturated heterocycles. The smallest absolute Gasteiger partial charge is 0.437 e. The summed E-state index contributed by atoms with van der Waals surface area (Å²) in [6.07, 6.45) is -9.27. The van der Waals surface area contributed by atoms with E-state index in [9.17, 15) is 43.2 Å². The molecule has 18 heteroatoms. The van der Waals surface area contributed by atoms with Gasteiger partial charge in [0.25, 0.3) is 10.1 Å². The molecule has 0 amide bonds. The number of nitrogens with one attached hydrogen (secondary N) is 1. The lowest BCUT2D eigenvalue weighted by Crippen LogP contribution is -2.36. The number of rotatable bonds is 17. The summed E-state index contributed by atoms with van der Waals surface area (Å²) in [7, 11) is -8.44. The predicted octanol–water partition coefficient (Wildman–Crippen LogP) is 5.42. The molecule has 0 radical (unpaired) electrons. The van der Waals surface area contributed by atoms with Gasteiger partial charge in [-0.05, 0) is 54.8 Å². The highest BCUT2D eigenvalue weighted by Crippen LogP contribution is 2.33. The van der Waals surface area contributed by atoms with Crippen LogP contribution < -0.4 is 15.0 Å². The van der Waals surface area contributed by atoms with Crippen LogP contribution in [-0.2, 0) is 28.8 Å². The summed E-state index contributed by atoms with van der Waals surface area (Å²) >= 11 is 0. The number of halogens is 6. The van der Waals surface area contributed by atoms with Gasteiger partial charge in [0.2, 0.25) is 0 Å². The number of benzene rings is 2. The third-order valence-corrected chi connectivity index (χ3v) is 7.67. The number of oxime groups is 1. The molecule has 0 aliphatic heterocycles. The second kappa shape index (κ2) is 15.6. The van der Waals surface area contributed by atoms with E-state index < -0.39 is 61.4 Å². The fraction of sp³-hybridized carbons (Fsp3) is 0.480. The quantitative estimate of drug-likeness (QED) is 0.102. The van der Waals surface area contributed by atoms with Gasteiger partial charge in [-0.1, -0.05) is 31.1 Å². The largest absolute Gasteiger partial charge is 0.493 e. The van der Waals surface area contributed by atoms with Crippen molar-refractivity contribution in [2.45, 2.75) is 51.5 Å². The Balaban J connectivity index is 1.90. The first-order valence-corrected chi connectivity index (χ1v) is 15.9. The van der Waals surface area contributed by atoms with E-state index in [1.54, 1.807) is 5.48 Å². The molecule has 0 saturated carbocycles. The third kappa shape index (κ3) is 12.6. The minimum Gasteiger partial charge on any atom is -0.493 e. The Bertz CT molecular complexity index is 1400. The SMILES string of the molecule is CCCS(=O)(=O)O/N=C(/c1ccc(OCCCOc2ccc(C(NOS(=O)(=O)CCC)C(F)(F)F)cc2)cc1)C(F)(F)F. The van der Waals surface area contributed by atoms with Crippen molar-refractivity contribution in [1.82, 2.24) is 5.48 Å². The van der Waals surface area contributed by atoms with Gasteiger partial charge in [0.1, 0.15) is 11.5 Å². The van der Waals surface area contributed by atoms with Gasteiger partial charge in [-0.3, -0.25) is 4.28 Å². The standard InChI is InChI=1S/C25H30F6N2O8S2/c1-3-16-42(34,35)40-32-22(24(26,27)28)18-6-10-20(11-7-18)38-14-5-15-39-21-12-8-19(9-13-21)23(25(29,30)31)33-41-43(36,37)17-4-2/h6-13,22,32H,3-5,14-17H2,1-2H3/b33-23-. The molecule has 2 aromatic carbocycles. The van der Waals surface area contributed by atoms with Gasteiger partial charge < -0.3 is 9.47 Å². The molecule has 2 aromatic rings. The maximum atomic E-state index is 13.4. The summed E-state index contributed by atoms with van der Waals surface area (Å²) in [5.74, 6) is -0.538. The summed E-state index contributed by atoms with van der Waals surface area (Å²) < 4.78 is 146. The summed E-state index contributed by atoms with van der Waals surface area (Å²) in [6, 6.07) is 6.80. The van der Waals surface area contributed by atoms with Crippen molar-refractivity contribution in [3.63, 3.8) is 0 Å². The van der Waals surface area contributed by atoms with Crippen LogP contribution in [0, 0.1) is 0 Å². The normalized spacial score (nSPS) is 13.9. The lowest BCUT2D eigenvalue weighted by Gasteiger charge is -2.21. The van der Waals surface area contributed by atoms with Gasteiger partial charge in [0.05, 0.1) is 24.7 Å². The van der Waals surface area contributed by atoms with Gasteiger partial charge >= 0.3 is 22.5 Å². The van der Waals surface area contributed by atoms with Crippen molar-refractivity contribution >= 4 is 25.9 Å². The number of alkyl halides is 6. The van der Waals surface area contributed by atoms with Crippen LogP contribution in [0.15, 0.2) is 53.7 Å².